The highest BCUT2D eigenvalue weighted by Crippen LogP contribution is 2.14. The number of hydrogen-bond acceptors (Lipinski definition) is 4. The second-order valence-corrected chi connectivity index (χ2v) is 6.14. The Labute approximate surface area is 89.0 Å². The van der Waals surface area contributed by atoms with Gasteiger partial charge in [0, 0.05) is 32.7 Å². The molecule has 0 saturated heterocycles. The molecule has 0 fully saturated rings. The van der Waals surface area contributed by atoms with E-state index < -0.39 is 8.80 Å². The van der Waals surface area contributed by atoms with E-state index in [2.05, 4.69) is 15.9 Å². The summed E-state index contributed by atoms with van der Waals surface area (Å²) in [7, 11) is 2.46. The minimum atomic E-state index is -2.41. The minimum absolute atomic E-state index is 0.511. The van der Waals surface area contributed by atoms with Crippen LogP contribution in [0.4, 0.5) is 0 Å². The van der Waals surface area contributed by atoms with Crippen LogP contribution < -0.4 is 0 Å². The first-order valence-corrected chi connectivity index (χ1v) is 7.09. The third-order valence-corrected chi connectivity index (χ3v) is 5.51. The van der Waals surface area contributed by atoms with Gasteiger partial charge < -0.3 is 18.0 Å². The molecule has 0 saturated carbocycles. The van der Waals surface area contributed by atoms with Crippen LogP contribution in [0.15, 0.2) is 0 Å². The van der Waals surface area contributed by atoms with Crippen molar-refractivity contribution in [2.75, 3.05) is 39.9 Å². The van der Waals surface area contributed by atoms with Gasteiger partial charge in [-0.1, -0.05) is 15.9 Å². The molecule has 0 atom stereocenters. The predicted octanol–water partition coefficient (Wildman–Crippen LogP) is 1.28. The van der Waals surface area contributed by atoms with Gasteiger partial charge in [0.15, 0.2) is 0 Å². The SMILES string of the molecule is COCCO[Si](CCBr)(OC)OC. The minimum Gasteiger partial charge on any atom is -0.382 e. The van der Waals surface area contributed by atoms with Crippen LogP contribution in [0.25, 0.3) is 0 Å². The third-order valence-electron chi connectivity index (χ3n) is 1.63. The van der Waals surface area contributed by atoms with Crippen LogP contribution in [0, 0.1) is 0 Å². The highest BCUT2D eigenvalue weighted by Gasteiger charge is 2.37. The first kappa shape index (κ1) is 13.5. The quantitative estimate of drug-likeness (QED) is 0.379. The summed E-state index contributed by atoms with van der Waals surface area (Å²) in [6, 6.07) is 0.768. The zero-order valence-electron chi connectivity index (χ0n) is 8.34. The number of ether oxygens (including phenoxy) is 1. The Balaban J connectivity index is 3.89. The Morgan fingerprint density at radius 2 is 1.69 bits per heavy atom. The molecule has 0 N–H and O–H groups in total. The molecule has 0 radical (unpaired) electrons. The summed E-state index contributed by atoms with van der Waals surface area (Å²) in [5.41, 5.74) is 0. The second kappa shape index (κ2) is 7.90. The van der Waals surface area contributed by atoms with Crippen molar-refractivity contribution in [3.63, 3.8) is 0 Å². The van der Waals surface area contributed by atoms with Crippen LogP contribution >= 0.6 is 15.9 Å². The predicted molar refractivity (Wildman–Crippen MR) is 56.2 cm³/mol. The molecule has 80 valence electrons. The normalized spacial score (nSPS) is 12.0. The third kappa shape index (κ3) is 5.09. The Bertz CT molecular complexity index is 121. The topological polar surface area (TPSA) is 36.9 Å². The number of alkyl halides is 1. The Kier molecular flexibility index (Phi) is 8.22. The molecule has 0 aromatic rings. The monoisotopic (exact) mass is 272 g/mol. The van der Waals surface area contributed by atoms with E-state index >= 15 is 0 Å². The second-order valence-electron chi connectivity index (χ2n) is 2.37. The molecule has 0 aliphatic heterocycles. The van der Waals surface area contributed by atoms with Gasteiger partial charge in [-0.25, -0.2) is 0 Å². The van der Waals surface area contributed by atoms with Gasteiger partial charge in [0.25, 0.3) is 0 Å². The largest absolute Gasteiger partial charge is 0.501 e. The first-order chi connectivity index (χ1) is 6.24. The summed E-state index contributed by atoms with van der Waals surface area (Å²) in [4.78, 5) is 0. The smallest absolute Gasteiger partial charge is 0.382 e. The summed E-state index contributed by atoms with van der Waals surface area (Å²) in [5.74, 6) is 0. The highest BCUT2D eigenvalue weighted by molar-refractivity contribution is 9.09. The van der Waals surface area contributed by atoms with Crippen molar-refractivity contribution in [1.82, 2.24) is 0 Å². The number of halogens is 1. The number of rotatable bonds is 8. The number of hydrogen-bond donors (Lipinski definition) is 0. The van der Waals surface area contributed by atoms with Gasteiger partial charge >= 0.3 is 8.80 Å². The van der Waals surface area contributed by atoms with Gasteiger partial charge in [-0.2, -0.15) is 0 Å². The van der Waals surface area contributed by atoms with E-state index in [1.165, 1.54) is 0 Å². The van der Waals surface area contributed by atoms with Crippen molar-refractivity contribution >= 4 is 24.7 Å². The molecule has 0 spiro atoms. The van der Waals surface area contributed by atoms with Gasteiger partial charge in [-0.3, -0.25) is 0 Å². The van der Waals surface area contributed by atoms with Crippen LogP contribution in [-0.2, 0) is 18.0 Å². The molecule has 0 aliphatic rings. The molecule has 0 aromatic heterocycles. The summed E-state index contributed by atoms with van der Waals surface area (Å²) in [6.45, 7) is 1.07. The molecule has 0 unspecified atom stereocenters. The summed E-state index contributed by atoms with van der Waals surface area (Å²) >= 11 is 3.34. The summed E-state index contributed by atoms with van der Waals surface area (Å²) < 4.78 is 21.0. The molecule has 0 amide bonds. The van der Waals surface area contributed by atoms with E-state index in [1.807, 2.05) is 0 Å². The molecule has 13 heavy (non-hydrogen) atoms. The summed E-state index contributed by atoms with van der Waals surface area (Å²) in [6.07, 6.45) is 0. The fourth-order valence-corrected chi connectivity index (χ4v) is 3.91. The van der Waals surface area contributed by atoms with Gasteiger partial charge in [-0.05, 0) is 0 Å². The van der Waals surface area contributed by atoms with Crippen molar-refractivity contribution < 1.29 is 18.0 Å². The maximum Gasteiger partial charge on any atom is 0.501 e. The molecular formula is C7H17BrO4Si. The Morgan fingerprint density at radius 1 is 1.08 bits per heavy atom. The lowest BCUT2D eigenvalue weighted by atomic mass is 10.8. The lowest BCUT2D eigenvalue weighted by Gasteiger charge is -2.25. The fourth-order valence-electron chi connectivity index (χ4n) is 0.874. The van der Waals surface area contributed by atoms with Gasteiger partial charge in [0.1, 0.15) is 0 Å². The van der Waals surface area contributed by atoms with Crippen LogP contribution in [-0.4, -0.2) is 48.7 Å². The van der Waals surface area contributed by atoms with Gasteiger partial charge in [-0.15, -0.1) is 0 Å². The van der Waals surface area contributed by atoms with E-state index in [9.17, 15) is 0 Å². The molecule has 0 aromatic carbocycles. The van der Waals surface area contributed by atoms with E-state index in [0.717, 1.165) is 11.4 Å². The Hall–Kier alpha value is 0.537. The highest BCUT2D eigenvalue weighted by atomic mass is 79.9. The van der Waals surface area contributed by atoms with Crippen molar-refractivity contribution in [3.8, 4) is 0 Å². The number of methoxy groups -OCH3 is 1. The van der Waals surface area contributed by atoms with Crippen molar-refractivity contribution in [3.05, 3.63) is 0 Å². The molecule has 0 bridgehead atoms. The molecule has 0 heterocycles. The van der Waals surface area contributed by atoms with Gasteiger partial charge in [0.05, 0.1) is 13.2 Å². The van der Waals surface area contributed by atoms with Crippen molar-refractivity contribution in [2.45, 2.75) is 6.04 Å². The Morgan fingerprint density at radius 3 is 2.08 bits per heavy atom. The van der Waals surface area contributed by atoms with Crippen LogP contribution in [0.2, 0.25) is 6.04 Å². The van der Waals surface area contributed by atoms with E-state index in [-0.39, 0.29) is 0 Å². The first-order valence-electron chi connectivity index (χ1n) is 4.04. The van der Waals surface area contributed by atoms with Gasteiger partial charge in [0.2, 0.25) is 0 Å². The molecule has 0 rings (SSSR count). The van der Waals surface area contributed by atoms with Crippen molar-refractivity contribution in [2.24, 2.45) is 0 Å². The van der Waals surface area contributed by atoms with E-state index in [1.54, 1.807) is 21.3 Å². The average molecular weight is 273 g/mol. The lowest BCUT2D eigenvalue weighted by Crippen LogP contribution is -2.44. The average Bonchev–Trinajstić information content (AvgIpc) is 2.17. The maximum atomic E-state index is 5.55. The van der Waals surface area contributed by atoms with Crippen LogP contribution in [0.5, 0.6) is 0 Å². The van der Waals surface area contributed by atoms with E-state index in [4.69, 9.17) is 18.0 Å². The molecule has 0 aliphatic carbocycles. The lowest BCUT2D eigenvalue weighted by molar-refractivity contribution is 0.0674. The summed E-state index contributed by atoms with van der Waals surface area (Å²) in [5, 5.41) is 0.813. The zero-order chi connectivity index (χ0) is 10.2. The van der Waals surface area contributed by atoms with E-state index in [0.29, 0.717) is 13.2 Å². The standard InChI is InChI=1S/C7H17BrO4Si/c1-9-5-6-12-13(10-2,11-3)7-4-8/h4-7H2,1-3H3. The van der Waals surface area contributed by atoms with Crippen molar-refractivity contribution in [1.29, 1.82) is 0 Å². The van der Waals surface area contributed by atoms with Crippen LogP contribution in [0.1, 0.15) is 0 Å². The maximum absolute atomic E-state index is 5.55. The molecular weight excluding hydrogens is 256 g/mol. The molecule has 4 nitrogen and oxygen atoms in total. The molecule has 6 heteroatoms. The van der Waals surface area contributed by atoms with Crippen LogP contribution in [0.3, 0.4) is 0 Å². The fraction of sp³-hybridized carbons (Fsp3) is 1.00. The zero-order valence-corrected chi connectivity index (χ0v) is 10.9.